The number of aryl methyl sites for hydroxylation is 2. The molecule has 0 radical (unpaired) electrons. The van der Waals surface area contributed by atoms with Crippen LogP contribution >= 0.6 is 0 Å². The molecule has 1 aliphatic heterocycles. The third-order valence-electron chi connectivity index (χ3n) is 7.98. The van der Waals surface area contributed by atoms with Crippen LogP contribution in [0.3, 0.4) is 0 Å². The van der Waals surface area contributed by atoms with Crippen molar-refractivity contribution in [3.63, 3.8) is 0 Å². The number of aromatic nitrogens is 4. The van der Waals surface area contributed by atoms with Crippen LogP contribution in [-0.2, 0) is 19.7 Å². The molecular formula is C30H39N7O4S2. The molecule has 11 nitrogen and oxygen atoms in total. The summed E-state index contributed by atoms with van der Waals surface area (Å²) in [5, 5.41) is 10.3. The van der Waals surface area contributed by atoms with Crippen molar-refractivity contribution in [3.8, 4) is 0 Å². The Morgan fingerprint density at radius 3 is 2.35 bits per heavy atom. The van der Waals surface area contributed by atoms with Crippen LogP contribution in [0, 0.1) is 13.8 Å². The second-order valence-corrected chi connectivity index (χ2v) is 16.3. The van der Waals surface area contributed by atoms with Gasteiger partial charge in [0.15, 0.2) is 15.5 Å². The SMILES string of the molecule is Cc1cc(C2CCN(CCS(C)(=O)=O)CC2)c(C)cc1Nc1nc(Nc2ccccc2S(=O)(=O)C(C)C)n2nccc2n1. The summed E-state index contributed by atoms with van der Waals surface area (Å²) in [6, 6.07) is 12.9. The number of fused-ring (bicyclic) bond motifs is 1. The second-order valence-electron chi connectivity index (χ2n) is 11.6. The van der Waals surface area contributed by atoms with Gasteiger partial charge in [-0.25, -0.2) is 16.8 Å². The van der Waals surface area contributed by atoms with Crippen molar-refractivity contribution in [2.45, 2.75) is 56.6 Å². The van der Waals surface area contributed by atoms with Crippen molar-refractivity contribution in [1.82, 2.24) is 24.5 Å². The molecule has 2 aromatic carbocycles. The lowest BCUT2D eigenvalue weighted by Gasteiger charge is -2.33. The lowest BCUT2D eigenvalue weighted by atomic mass is 9.85. The van der Waals surface area contributed by atoms with E-state index in [0.29, 0.717) is 35.7 Å². The number of likely N-dealkylation sites (tertiary alicyclic amines) is 1. The maximum atomic E-state index is 13.0. The topological polar surface area (TPSA) is 139 Å². The normalized spacial score (nSPS) is 15.3. The van der Waals surface area contributed by atoms with Crippen LogP contribution < -0.4 is 10.6 Å². The summed E-state index contributed by atoms with van der Waals surface area (Å²) in [5.41, 5.74) is 5.38. The van der Waals surface area contributed by atoms with Crippen LogP contribution in [-0.4, -0.2) is 78.2 Å². The van der Waals surface area contributed by atoms with Crippen LogP contribution in [0.4, 0.5) is 23.3 Å². The van der Waals surface area contributed by atoms with Crippen LogP contribution in [0.1, 0.15) is 49.3 Å². The number of nitrogens with zero attached hydrogens (tertiary/aromatic N) is 5. The molecule has 0 amide bonds. The molecule has 1 aliphatic rings. The summed E-state index contributed by atoms with van der Waals surface area (Å²) in [4.78, 5) is 11.7. The third kappa shape index (κ3) is 7.00. The van der Waals surface area contributed by atoms with Gasteiger partial charge in [0.25, 0.3) is 0 Å². The minimum absolute atomic E-state index is 0.196. The molecule has 4 aromatic rings. The average molecular weight is 626 g/mol. The highest BCUT2D eigenvalue weighted by Gasteiger charge is 2.25. The lowest BCUT2D eigenvalue weighted by Crippen LogP contribution is -2.36. The molecule has 5 rings (SSSR count). The Kier molecular flexibility index (Phi) is 8.77. The average Bonchev–Trinajstić information content (AvgIpc) is 3.43. The van der Waals surface area contributed by atoms with Crippen LogP contribution in [0.5, 0.6) is 0 Å². The minimum Gasteiger partial charge on any atom is -0.324 e. The number of nitrogens with one attached hydrogen (secondary N) is 2. The van der Waals surface area contributed by atoms with Gasteiger partial charge in [0.2, 0.25) is 11.9 Å². The van der Waals surface area contributed by atoms with Gasteiger partial charge in [-0.3, -0.25) is 0 Å². The van der Waals surface area contributed by atoms with E-state index in [1.54, 1.807) is 50.4 Å². The van der Waals surface area contributed by atoms with Gasteiger partial charge in [-0.15, -0.1) is 0 Å². The van der Waals surface area contributed by atoms with Gasteiger partial charge in [-0.2, -0.15) is 19.6 Å². The predicted molar refractivity (Wildman–Crippen MR) is 170 cm³/mol. The standard InChI is InChI=1S/C30H39N7O4S2/c1-20(2)43(40,41)27-9-7-6-8-25(27)33-30-35-29(34-28-10-13-31-37(28)30)32-26-19-21(3)24(18-22(26)4)23-11-14-36(15-12-23)16-17-42(5,38)39/h6-10,13,18-20,23H,11-12,14-17H2,1-5H3,(H2,32,33,34,35). The zero-order valence-corrected chi connectivity index (χ0v) is 26.8. The second kappa shape index (κ2) is 12.2. The summed E-state index contributed by atoms with van der Waals surface area (Å²) in [6.45, 7) is 9.83. The Morgan fingerprint density at radius 2 is 1.65 bits per heavy atom. The van der Waals surface area contributed by atoms with E-state index in [1.165, 1.54) is 21.9 Å². The summed E-state index contributed by atoms with van der Waals surface area (Å²) in [5.74, 6) is 1.30. The number of piperidine rings is 1. The Hall–Kier alpha value is -3.55. The Balaban J connectivity index is 1.37. The van der Waals surface area contributed by atoms with Crippen molar-refractivity contribution in [1.29, 1.82) is 0 Å². The van der Waals surface area contributed by atoms with Gasteiger partial charge < -0.3 is 15.5 Å². The van der Waals surface area contributed by atoms with E-state index in [0.717, 1.165) is 37.2 Å². The number of anilines is 4. The molecule has 0 aliphatic carbocycles. The number of hydrogen-bond acceptors (Lipinski definition) is 10. The zero-order chi connectivity index (χ0) is 30.9. The van der Waals surface area contributed by atoms with Gasteiger partial charge in [-0.1, -0.05) is 18.2 Å². The van der Waals surface area contributed by atoms with E-state index in [9.17, 15) is 16.8 Å². The molecule has 0 atom stereocenters. The first-order chi connectivity index (χ1) is 20.3. The Bertz CT molecular complexity index is 1850. The maximum Gasteiger partial charge on any atom is 0.233 e. The van der Waals surface area contributed by atoms with Crippen molar-refractivity contribution < 1.29 is 16.8 Å². The maximum absolute atomic E-state index is 13.0. The number of benzene rings is 2. The van der Waals surface area contributed by atoms with Crippen molar-refractivity contribution in [2.24, 2.45) is 0 Å². The Morgan fingerprint density at radius 1 is 0.930 bits per heavy atom. The third-order valence-corrected chi connectivity index (χ3v) is 11.1. The summed E-state index contributed by atoms with van der Waals surface area (Å²) in [7, 11) is -6.50. The molecule has 0 bridgehead atoms. The van der Waals surface area contributed by atoms with E-state index in [4.69, 9.17) is 0 Å². The molecule has 13 heteroatoms. The molecule has 1 saturated heterocycles. The molecule has 0 spiro atoms. The molecular weight excluding hydrogens is 587 g/mol. The highest BCUT2D eigenvalue weighted by Crippen LogP contribution is 2.34. The van der Waals surface area contributed by atoms with E-state index in [2.05, 4.69) is 56.6 Å². The zero-order valence-electron chi connectivity index (χ0n) is 25.2. The molecule has 3 heterocycles. The number of para-hydroxylation sites is 1. The smallest absolute Gasteiger partial charge is 0.233 e. The van der Waals surface area contributed by atoms with Crippen LogP contribution in [0.2, 0.25) is 0 Å². The lowest BCUT2D eigenvalue weighted by molar-refractivity contribution is 0.223. The summed E-state index contributed by atoms with van der Waals surface area (Å²) < 4.78 is 50.7. The quantitative estimate of drug-likeness (QED) is 0.256. The molecule has 0 unspecified atom stereocenters. The predicted octanol–water partition coefficient (Wildman–Crippen LogP) is 4.63. The highest BCUT2D eigenvalue weighted by atomic mass is 32.2. The molecule has 2 N–H and O–H groups in total. The molecule has 43 heavy (non-hydrogen) atoms. The van der Waals surface area contributed by atoms with Crippen molar-refractivity contribution in [3.05, 3.63) is 65.4 Å². The van der Waals surface area contributed by atoms with Crippen LogP contribution in [0.25, 0.3) is 5.65 Å². The van der Waals surface area contributed by atoms with E-state index < -0.39 is 24.9 Å². The van der Waals surface area contributed by atoms with Gasteiger partial charge in [0.05, 0.1) is 27.8 Å². The first-order valence-corrected chi connectivity index (χ1v) is 18.0. The summed E-state index contributed by atoms with van der Waals surface area (Å²) >= 11 is 0. The number of sulfone groups is 2. The van der Waals surface area contributed by atoms with E-state index >= 15 is 0 Å². The van der Waals surface area contributed by atoms with E-state index in [1.807, 2.05) is 0 Å². The van der Waals surface area contributed by atoms with Crippen LogP contribution in [0.15, 0.2) is 53.6 Å². The van der Waals surface area contributed by atoms with Gasteiger partial charge in [-0.05, 0) is 94.4 Å². The molecule has 1 fully saturated rings. The largest absolute Gasteiger partial charge is 0.324 e. The monoisotopic (exact) mass is 625 g/mol. The van der Waals surface area contributed by atoms with Gasteiger partial charge >= 0.3 is 0 Å². The fourth-order valence-corrected chi connectivity index (χ4v) is 7.24. The fraction of sp³-hybridized carbons (Fsp3) is 0.433. The molecule has 2 aromatic heterocycles. The highest BCUT2D eigenvalue weighted by molar-refractivity contribution is 7.92. The number of hydrogen-bond donors (Lipinski definition) is 2. The Labute approximate surface area is 253 Å². The van der Waals surface area contributed by atoms with Crippen molar-refractivity contribution in [2.75, 3.05) is 42.3 Å². The fourth-order valence-electron chi connectivity index (χ4n) is 5.45. The number of rotatable bonds is 10. The van der Waals surface area contributed by atoms with Gasteiger partial charge in [0.1, 0.15) is 9.84 Å². The molecule has 0 saturated carbocycles. The summed E-state index contributed by atoms with van der Waals surface area (Å²) in [6.07, 6.45) is 4.88. The van der Waals surface area contributed by atoms with Gasteiger partial charge in [0, 0.05) is 24.6 Å². The first kappa shape index (κ1) is 30.9. The first-order valence-electron chi connectivity index (χ1n) is 14.4. The van der Waals surface area contributed by atoms with Crippen molar-refractivity contribution >= 4 is 48.6 Å². The van der Waals surface area contributed by atoms with E-state index in [-0.39, 0.29) is 10.6 Å². The molecule has 230 valence electrons. The minimum atomic E-state index is -3.54.